The Hall–Kier alpha value is -0.959. The van der Waals surface area contributed by atoms with Gasteiger partial charge < -0.3 is 18.1 Å². The van der Waals surface area contributed by atoms with Crippen LogP contribution in [0.2, 0.25) is 51.4 Å². The number of carboxylic acids is 1. The highest BCUT2D eigenvalue weighted by molar-refractivity contribution is 6.87. The van der Waals surface area contributed by atoms with Gasteiger partial charge in [0.15, 0.2) is 16.6 Å². The second-order valence-corrected chi connectivity index (χ2v) is 21.1. The van der Waals surface area contributed by atoms with Gasteiger partial charge in [0, 0.05) is 18.6 Å². The molecule has 0 aliphatic heterocycles. The number of ether oxygens (including phenoxy) is 1. The van der Waals surface area contributed by atoms with Gasteiger partial charge in [0.25, 0.3) is 0 Å². The Morgan fingerprint density at radius 2 is 1.54 bits per heavy atom. The van der Waals surface area contributed by atoms with Crippen LogP contribution < -0.4 is 0 Å². The van der Waals surface area contributed by atoms with Gasteiger partial charge in [-0.15, -0.1) is 0 Å². The van der Waals surface area contributed by atoms with E-state index in [1.807, 2.05) is 32.7 Å². The van der Waals surface area contributed by atoms with Crippen molar-refractivity contribution in [1.82, 2.24) is 0 Å². The van der Waals surface area contributed by atoms with Crippen LogP contribution in [0.5, 0.6) is 0 Å². The minimum Gasteiger partial charge on any atom is -0.478 e. The number of carbonyl (C=O) groups is 2. The standard InChI is InChI=1S/C16H31F3O6Si3/c1-26(2,3)24-28(6,7)25-27(4,5)13(12-16(17,18)19)10-11-23-15(22)9-8-14(20)21/h8-9,13H,10-12H2,1-7H3,(H,20,21)/b9-8+. The van der Waals surface area contributed by atoms with Crippen LogP contribution in [0.4, 0.5) is 13.2 Å². The summed E-state index contributed by atoms with van der Waals surface area (Å²) >= 11 is 0. The fourth-order valence-corrected chi connectivity index (χ4v) is 16.7. The van der Waals surface area contributed by atoms with Crippen LogP contribution in [-0.2, 0) is 22.6 Å². The lowest BCUT2D eigenvalue weighted by atomic mass is 10.2. The van der Waals surface area contributed by atoms with E-state index in [-0.39, 0.29) is 13.0 Å². The zero-order chi connectivity index (χ0) is 22.4. The molecular formula is C16H31F3O6Si3. The van der Waals surface area contributed by atoms with E-state index < -0.39 is 55.3 Å². The van der Waals surface area contributed by atoms with Gasteiger partial charge in [0.1, 0.15) is 0 Å². The summed E-state index contributed by atoms with van der Waals surface area (Å²) in [5.74, 6) is -2.23. The van der Waals surface area contributed by atoms with Gasteiger partial charge in [-0.2, -0.15) is 13.2 Å². The molecule has 0 aliphatic rings. The van der Waals surface area contributed by atoms with E-state index in [1.165, 1.54) is 0 Å². The third-order valence-electron chi connectivity index (χ3n) is 3.59. The number of halogens is 3. The Bertz CT molecular complexity index is 571. The molecule has 0 amide bonds. The number of rotatable bonds is 11. The first kappa shape index (κ1) is 27.0. The Balaban J connectivity index is 5.16. The van der Waals surface area contributed by atoms with Crippen molar-refractivity contribution in [3.05, 3.63) is 12.2 Å². The average molecular weight is 461 g/mol. The molecule has 0 aromatic heterocycles. The minimum absolute atomic E-state index is 0.0250. The van der Waals surface area contributed by atoms with Gasteiger partial charge in [-0.1, -0.05) is 0 Å². The predicted molar refractivity (Wildman–Crippen MR) is 107 cm³/mol. The van der Waals surface area contributed by atoms with Crippen molar-refractivity contribution in [3.63, 3.8) is 0 Å². The molecule has 1 atom stereocenters. The number of hydrogen-bond donors (Lipinski definition) is 1. The lowest BCUT2D eigenvalue weighted by Gasteiger charge is -2.41. The molecule has 164 valence electrons. The van der Waals surface area contributed by atoms with Crippen molar-refractivity contribution in [2.45, 2.75) is 70.4 Å². The molecule has 12 heteroatoms. The highest BCUT2D eigenvalue weighted by Gasteiger charge is 2.46. The molecule has 0 fully saturated rings. The summed E-state index contributed by atoms with van der Waals surface area (Å²) in [6.07, 6.45) is -4.11. The first-order valence-electron chi connectivity index (χ1n) is 8.88. The molecule has 1 N–H and O–H groups in total. The molecule has 0 radical (unpaired) electrons. The van der Waals surface area contributed by atoms with Crippen LogP contribution in [0.1, 0.15) is 12.8 Å². The smallest absolute Gasteiger partial charge is 0.389 e. The van der Waals surface area contributed by atoms with Crippen LogP contribution in [0.3, 0.4) is 0 Å². The maximum absolute atomic E-state index is 13.1. The fraction of sp³-hybridized carbons (Fsp3) is 0.750. The Kier molecular flexibility index (Phi) is 9.84. The largest absolute Gasteiger partial charge is 0.478 e. The topological polar surface area (TPSA) is 82.1 Å². The Labute approximate surface area is 167 Å². The van der Waals surface area contributed by atoms with Crippen molar-refractivity contribution >= 4 is 37.1 Å². The molecule has 1 unspecified atom stereocenters. The van der Waals surface area contributed by atoms with Crippen molar-refractivity contribution in [1.29, 1.82) is 0 Å². The molecule has 28 heavy (non-hydrogen) atoms. The van der Waals surface area contributed by atoms with Crippen LogP contribution in [0.25, 0.3) is 0 Å². The van der Waals surface area contributed by atoms with Crippen LogP contribution in [0, 0.1) is 0 Å². The van der Waals surface area contributed by atoms with Crippen molar-refractivity contribution in [2.75, 3.05) is 6.61 Å². The highest BCUT2D eigenvalue weighted by Crippen LogP contribution is 2.39. The number of aliphatic carboxylic acids is 1. The number of esters is 1. The van der Waals surface area contributed by atoms with Crippen molar-refractivity contribution < 1.29 is 40.8 Å². The summed E-state index contributed by atoms with van der Waals surface area (Å²) in [6, 6.07) is 0. The van der Waals surface area contributed by atoms with E-state index in [9.17, 15) is 22.8 Å². The SMILES string of the molecule is C[Si](C)(C)O[Si](C)(C)O[Si](C)(C)C(CCOC(=O)/C=C/C(=O)O)CC(F)(F)F. The van der Waals surface area contributed by atoms with E-state index in [4.69, 9.17) is 18.1 Å². The lowest BCUT2D eigenvalue weighted by molar-refractivity contribution is -0.141. The molecule has 0 aliphatic carbocycles. The second kappa shape index (κ2) is 10.2. The summed E-state index contributed by atoms with van der Waals surface area (Å²) in [5.41, 5.74) is -0.833. The summed E-state index contributed by atoms with van der Waals surface area (Å²) < 4.78 is 56.5. The quantitative estimate of drug-likeness (QED) is 0.274. The monoisotopic (exact) mass is 460 g/mol. The minimum atomic E-state index is -4.38. The molecule has 0 rings (SSSR count). The van der Waals surface area contributed by atoms with Crippen LogP contribution in [-0.4, -0.2) is 55.0 Å². The molecule has 6 nitrogen and oxygen atoms in total. The average Bonchev–Trinajstić information content (AvgIpc) is 2.38. The molecule has 0 aromatic rings. The summed E-state index contributed by atoms with van der Waals surface area (Å²) in [5, 5.41) is 8.46. The lowest BCUT2D eigenvalue weighted by Crippen LogP contribution is -2.53. The Morgan fingerprint density at radius 3 is 1.96 bits per heavy atom. The zero-order valence-corrected chi connectivity index (χ0v) is 20.5. The first-order valence-corrected chi connectivity index (χ1v) is 18.1. The first-order chi connectivity index (χ1) is 12.3. The normalized spacial score (nSPS) is 14.9. The summed E-state index contributed by atoms with van der Waals surface area (Å²) in [7, 11) is -7.40. The summed E-state index contributed by atoms with van der Waals surface area (Å²) in [6.45, 7) is 12.9. The second-order valence-electron chi connectivity index (χ2n) is 8.46. The third-order valence-corrected chi connectivity index (χ3v) is 14.5. The molecule has 0 aromatic carbocycles. The number of carboxylic acid groups (broad SMARTS) is 1. The third kappa shape index (κ3) is 13.3. The van der Waals surface area contributed by atoms with Crippen molar-refractivity contribution in [3.8, 4) is 0 Å². The number of carbonyl (C=O) groups excluding carboxylic acids is 1. The molecule has 0 saturated carbocycles. The fourth-order valence-electron chi connectivity index (χ4n) is 2.94. The van der Waals surface area contributed by atoms with Crippen molar-refractivity contribution in [2.24, 2.45) is 0 Å². The van der Waals surface area contributed by atoms with E-state index in [0.29, 0.717) is 6.08 Å². The molecule has 0 spiro atoms. The number of hydrogen-bond acceptors (Lipinski definition) is 5. The van der Waals surface area contributed by atoms with Gasteiger partial charge in [0.05, 0.1) is 6.61 Å². The van der Waals surface area contributed by atoms with E-state index in [0.717, 1.165) is 6.08 Å². The molecule has 0 saturated heterocycles. The maximum Gasteiger partial charge on any atom is 0.389 e. The summed E-state index contributed by atoms with van der Waals surface area (Å²) in [4.78, 5) is 21.8. The van der Waals surface area contributed by atoms with E-state index in [1.54, 1.807) is 13.1 Å². The maximum atomic E-state index is 13.1. The van der Waals surface area contributed by atoms with Gasteiger partial charge in [0.2, 0.25) is 0 Å². The van der Waals surface area contributed by atoms with Crippen LogP contribution in [0.15, 0.2) is 12.2 Å². The highest BCUT2D eigenvalue weighted by atomic mass is 28.5. The van der Waals surface area contributed by atoms with E-state index >= 15 is 0 Å². The zero-order valence-electron chi connectivity index (χ0n) is 17.5. The molecule has 0 bridgehead atoms. The van der Waals surface area contributed by atoms with Crippen LogP contribution >= 0.6 is 0 Å². The van der Waals surface area contributed by atoms with Gasteiger partial charge in [-0.3, -0.25) is 0 Å². The van der Waals surface area contributed by atoms with Gasteiger partial charge in [-0.05, 0) is 57.8 Å². The number of alkyl halides is 3. The van der Waals surface area contributed by atoms with E-state index in [2.05, 4.69) is 0 Å². The van der Waals surface area contributed by atoms with Gasteiger partial charge >= 0.3 is 26.7 Å². The Morgan fingerprint density at radius 1 is 1.00 bits per heavy atom. The predicted octanol–water partition coefficient (Wildman–Crippen LogP) is 4.66. The van der Waals surface area contributed by atoms with Gasteiger partial charge in [-0.25, -0.2) is 9.59 Å². The molecule has 0 heterocycles. The molecular weight excluding hydrogens is 429 g/mol.